The number of nitrogens with zero attached hydrogens (tertiary/aromatic N) is 4. The highest BCUT2D eigenvalue weighted by atomic mass is 16.6. The highest BCUT2D eigenvalue weighted by Gasteiger charge is 2.42. The van der Waals surface area contributed by atoms with E-state index in [0.717, 1.165) is 22.6 Å². The van der Waals surface area contributed by atoms with E-state index in [0.29, 0.717) is 16.7 Å². The van der Waals surface area contributed by atoms with Crippen molar-refractivity contribution in [1.29, 1.82) is 0 Å². The Labute approximate surface area is 192 Å². The normalized spacial score (nSPS) is 15.2. The summed E-state index contributed by atoms with van der Waals surface area (Å²) in [6, 6.07) is 23.7. The number of non-ortho nitro benzene ring substituents is 1. The second-order valence-corrected chi connectivity index (χ2v) is 8.06. The number of hydrazone groups is 1. The van der Waals surface area contributed by atoms with Crippen molar-refractivity contribution in [3.63, 3.8) is 0 Å². The van der Waals surface area contributed by atoms with Crippen LogP contribution >= 0.6 is 0 Å². The van der Waals surface area contributed by atoms with E-state index in [2.05, 4.69) is 0 Å². The zero-order chi connectivity index (χ0) is 23.7. The third-order valence-corrected chi connectivity index (χ3v) is 5.82. The summed E-state index contributed by atoms with van der Waals surface area (Å²) in [5, 5.41) is 13.1. The molecule has 0 fully saturated rings. The van der Waals surface area contributed by atoms with Crippen molar-refractivity contribution >= 4 is 34.3 Å². The number of hydrogen-bond acceptors (Lipinski definition) is 4. The fourth-order valence-electron chi connectivity index (χ4n) is 4.01. The van der Waals surface area contributed by atoms with Gasteiger partial charge in [-0.1, -0.05) is 47.5 Å². The van der Waals surface area contributed by atoms with Crippen LogP contribution in [-0.4, -0.2) is 42.4 Å². The van der Waals surface area contributed by atoms with Gasteiger partial charge in [-0.2, -0.15) is 0 Å². The molecule has 0 spiro atoms. The third-order valence-electron chi connectivity index (χ3n) is 5.82. The van der Waals surface area contributed by atoms with Crippen LogP contribution in [0.15, 0.2) is 84.4 Å². The first-order valence-electron chi connectivity index (χ1n) is 10.5. The number of carbonyl (C=O) groups excluding carboxylic acids is 1. The maximum Gasteiger partial charge on any atom is 0.320 e. The van der Waals surface area contributed by atoms with Gasteiger partial charge in [0.05, 0.1) is 4.92 Å². The van der Waals surface area contributed by atoms with Gasteiger partial charge in [0.1, 0.15) is 11.3 Å². The Bertz CT molecular complexity index is 1290. The van der Waals surface area contributed by atoms with Gasteiger partial charge in [0.15, 0.2) is 7.05 Å². The van der Waals surface area contributed by atoms with Crippen LogP contribution in [0.4, 0.5) is 17.1 Å². The molecule has 33 heavy (non-hydrogen) atoms. The van der Waals surface area contributed by atoms with E-state index in [1.165, 1.54) is 12.1 Å². The maximum absolute atomic E-state index is 13.8. The van der Waals surface area contributed by atoms with Gasteiger partial charge in [-0.05, 0) is 35.4 Å². The number of anilines is 2. The van der Waals surface area contributed by atoms with Crippen molar-refractivity contribution in [2.24, 2.45) is 0 Å². The van der Waals surface area contributed by atoms with Crippen LogP contribution in [0.3, 0.4) is 0 Å². The number of nitro benzene ring substituents is 1. The first-order valence-corrected chi connectivity index (χ1v) is 10.5. The molecule has 0 aliphatic carbocycles. The standard InChI is InChI=1S/C26H25N4O3/c1-18-24(26(31)29(28(18)4)22-10-6-5-7-11-22)25(19-13-15-21(16-14-19)27(2)3)20-9-8-12-23(17-20)30(32)33/h5-17H,1-4H3/q+1. The molecule has 0 radical (unpaired) electrons. The summed E-state index contributed by atoms with van der Waals surface area (Å²) >= 11 is 0. The average molecular weight is 442 g/mol. The monoisotopic (exact) mass is 441 g/mol. The van der Waals surface area contributed by atoms with Crippen LogP contribution in [0.5, 0.6) is 0 Å². The topological polar surface area (TPSA) is 69.7 Å². The van der Waals surface area contributed by atoms with Gasteiger partial charge in [0, 0.05) is 44.4 Å². The van der Waals surface area contributed by atoms with Gasteiger partial charge >= 0.3 is 5.91 Å². The lowest BCUT2D eigenvalue weighted by atomic mass is 9.90. The van der Waals surface area contributed by atoms with Crippen LogP contribution in [-0.2, 0) is 4.79 Å². The Morgan fingerprint density at radius 2 is 1.61 bits per heavy atom. The number of benzene rings is 3. The van der Waals surface area contributed by atoms with Gasteiger partial charge in [0.2, 0.25) is 5.71 Å². The molecule has 1 aliphatic rings. The zero-order valence-electron chi connectivity index (χ0n) is 19.0. The second kappa shape index (κ2) is 8.70. The van der Waals surface area contributed by atoms with Crippen molar-refractivity contribution < 1.29 is 14.4 Å². The van der Waals surface area contributed by atoms with E-state index in [-0.39, 0.29) is 11.6 Å². The highest BCUT2D eigenvalue weighted by Crippen LogP contribution is 2.34. The molecule has 0 aromatic heterocycles. The number of amides is 1. The Hall–Kier alpha value is -4.26. The molecule has 0 saturated carbocycles. The number of para-hydroxylation sites is 1. The van der Waals surface area contributed by atoms with Gasteiger partial charge in [-0.3, -0.25) is 14.9 Å². The van der Waals surface area contributed by atoms with Crippen molar-refractivity contribution in [3.05, 3.63) is 106 Å². The lowest BCUT2D eigenvalue weighted by molar-refractivity contribution is -0.495. The van der Waals surface area contributed by atoms with Crippen LogP contribution in [0.1, 0.15) is 18.1 Å². The Morgan fingerprint density at radius 1 is 0.939 bits per heavy atom. The summed E-state index contributed by atoms with van der Waals surface area (Å²) in [4.78, 5) is 26.8. The number of rotatable bonds is 5. The van der Waals surface area contributed by atoms with E-state index in [9.17, 15) is 14.9 Å². The summed E-state index contributed by atoms with van der Waals surface area (Å²) in [6.45, 7) is 1.89. The SMILES string of the molecule is CC1=[N+](C)N(c2ccccc2)C(=O)C1=C(c1ccc(N(C)C)cc1)c1cccc([N+](=O)[O-])c1. The molecule has 4 rings (SSSR count). The molecular weight excluding hydrogens is 416 g/mol. The van der Waals surface area contributed by atoms with Crippen molar-refractivity contribution in [3.8, 4) is 0 Å². The molecule has 166 valence electrons. The summed E-state index contributed by atoms with van der Waals surface area (Å²) in [5.41, 5.74) is 5.12. The van der Waals surface area contributed by atoms with Crippen LogP contribution in [0.2, 0.25) is 0 Å². The Balaban J connectivity index is 1.97. The van der Waals surface area contributed by atoms with E-state index in [1.54, 1.807) is 17.1 Å². The van der Waals surface area contributed by atoms with E-state index < -0.39 is 4.92 Å². The minimum atomic E-state index is -0.420. The predicted molar refractivity (Wildman–Crippen MR) is 131 cm³/mol. The highest BCUT2D eigenvalue weighted by molar-refractivity contribution is 6.31. The molecule has 3 aromatic carbocycles. The minimum Gasteiger partial charge on any atom is -0.378 e. The lowest BCUT2D eigenvalue weighted by Gasteiger charge is -2.15. The quantitative estimate of drug-likeness (QED) is 0.253. The largest absolute Gasteiger partial charge is 0.378 e. The first-order chi connectivity index (χ1) is 15.8. The Morgan fingerprint density at radius 3 is 2.21 bits per heavy atom. The van der Waals surface area contributed by atoms with Crippen LogP contribution in [0.25, 0.3) is 5.57 Å². The van der Waals surface area contributed by atoms with Crippen LogP contribution in [0, 0.1) is 10.1 Å². The lowest BCUT2D eigenvalue weighted by Crippen LogP contribution is -2.33. The molecule has 0 saturated heterocycles. The zero-order valence-corrected chi connectivity index (χ0v) is 19.0. The molecule has 0 bridgehead atoms. The summed E-state index contributed by atoms with van der Waals surface area (Å²) in [6.07, 6.45) is 0. The summed E-state index contributed by atoms with van der Waals surface area (Å²) < 4.78 is 1.82. The summed E-state index contributed by atoms with van der Waals surface area (Å²) in [5.74, 6) is -0.181. The molecule has 0 N–H and O–H groups in total. The molecule has 3 aromatic rings. The molecule has 7 heteroatoms. The molecule has 1 heterocycles. The average Bonchev–Trinajstić information content (AvgIpc) is 3.03. The first kappa shape index (κ1) is 22.0. The molecule has 0 atom stereocenters. The fourth-order valence-corrected chi connectivity index (χ4v) is 4.01. The van der Waals surface area contributed by atoms with E-state index >= 15 is 0 Å². The van der Waals surface area contributed by atoms with Gasteiger partial charge < -0.3 is 4.90 Å². The molecule has 7 nitrogen and oxygen atoms in total. The maximum atomic E-state index is 13.8. The van der Waals surface area contributed by atoms with E-state index in [1.807, 2.05) is 92.2 Å². The number of hydrazine groups is 1. The molecule has 0 unspecified atom stereocenters. The molecular formula is C26H25N4O3+. The second-order valence-electron chi connectivity index (χ2n) is 8.06. The third kappa shape index (κ3) is 4.01. The van der Waals surface area contributed by atoms with Gasteiger partial charge in [-0.15, -0.1) is 4.68 Å². The van der Waals surface area contributed by atoms with Crippen LogP contribution < -0.4 is 9.91 Å². The van der Waals surface area contributed by atoms with E-state index in [4.69, 9.17) is 0 Å². The van der Waals surface area contributed by atoms with Crippen molar-refractivity contribution in [2.45, 2.75) is 6.92 Å². The number of carbonyl (C=O) groups is 1. The van der Waals surface area contributed by atoms with Gasteiger partial charge in [0.25, 0.3) is 5.69 Å². The van der Waals surface area contributed by atoms with Gasteiger partial charge in [-0.25, -0.2) is 0 Å². The fraction of sp³-hybridized carbons (Fsp3) is 0.154. The van der Waals surface area contributed by atoms with Crippen molar-refractivity contribution in [2.75, 3.05) is 31.1 Å². The smallest absolute Gasteiger partial charge is 0.320 e. The molecule has 1 aliphatic heterocycles. The summed E-state index contributed by atoms with van der Waals surface area (Å²) in [7, 11) is 5.76. The molecule has 1 amide bonds. The minimum absolute atomic E-state index is 0.0214. The Kier molecular flexibility index (Phi) is 5.79. The predicted octanol–water partition coefficient (Wildman–Crippen LogP) is 4.53. The van der Waals surface area contributed by atoms with Crippen molar-refractivity contribution in [1.82, 2.24) is 0 Å². The number of nitro groups is 1. The number of hydrogen-bond donors (Lipinski definition) is 0.